The van der Waals surface area contributed by atoms with Crippen LogP contribution in [0.15, 0.2) is 124 Å². The molecule has 0 bridgehead atoms. The first kappa shape index (κ1) is 25.9. The van der Waals surface area contributed by atoms with Gasteiger partial charge < -0.3 is 9.47 Å². The summed E-state index contributed by atoms with van der Waals surface area (Å²) in [5.74, 6) is 0.651. The standard InChI is InChI=1S/C31H30O3S2/c1-2-33-31(32)30(36-28-11-7-4-8-12-28)23-25-13-17-26(18-14-25)34-22-21-24-15-19-29(20-16-24)35-27-9-5-3-6-10-27/h3-20,30H,2,21-23H2,1H3. The van der Waals surface area contributed by atoms with Gasteiger partial charge in [0, 0.05) is 21.1 Å². The Bertz CT molecular complexity index is 1190. The lowest BCUT2D eigenvalue weighted by Gasteiger charge is -2.16. The smallest absolute Gasteiger partial charge is 0.319 e. The largest absolute Gasteiger partial charge is 0.493 e. The van der Waals surface area contributed by atoms with Crippen molar-refractivity contribution in [2.24, 2.45) is 0 Å². The molecule has 0 heterocycles. The fraction of sp³-hybridized carbons (Fsp3) is 0.194. The molecule has 0 amide bonds. The van der Waals surface area contributed by atoms with Crippen LogP contribution in [0.2, 0.25) is 0 Å². The number of ether oxygens (including phenoxy) is 2. The molecule has 4 rings (SSSR count). The Balaban J connectivity index is 1.27. The van der Waals surface area contributed by atoms with E-state index in [0.717, 1.165) is 22.6 Å². The van der Waals surface area contributed by atoms with Crippen molar-refractivity contribution in [1.29, 1.82) is 0 Å². The minimum Gasteiger partial charge on any atom is -0.493 e. The SMILES string of the molecule is CCOC(=O)C(Cc1ccc(OCCc2ccc(Sc3ccccc3)cc2)cc1)Sc1ccccc1. The summed E-state index contributed by atoms with van der Waals surface area (Å²) < 4.78 is 11.3. The van der Waals surface area contributed by atoms with Gasteiger partial charge in [-0.05, 0) is 73.0 Å². The molecule has 0 aromatic heterocycles. The normalized spacial score (nSPS) is 11.6. The Morgan fingerprint density at radius 1 is 0.722 bits per heavy atom. The first-order chi connectivity index (χ1) is 17.7. The van der Waals surface area contributed by atoms with E-state index in [1.807, 2.05) is 67.6 Å². The molecule has 0 saturated carbocycles. The van der Waals surface area contributed by atoms with Gasteiger partial charge in [0.1, 0.15) is 11.0 Å². The molecule has 0 spiro atoms. The number of carbonyl (C=O) groups is 1. The monoisotopic (exact) mass is 514 g/mol. The summed E-state index contributed by atoms with van der Waals surface area (Å²) in [6, 6.07) is 37.0. The average Bonchev–Trinajstić information content (AvgIpc) is 2.92. The van der Waals surface area contributed by atoms with Crippen LogP contribution in [0.4, 0.5) is 0 Å². The van der Waals surface area contributed by atoms with E-state index in [9.17, 15) is 4.79 Å². The van der Waals surface area contributed by atoms with Crippen LogP contribution in [0.3, 0.4) is 0 Å². The second kappa shape index (κ2) is 13.8. The van der Waals surface area contributed by atoms with Crippen molar-refractivity contribution < 1.29 is 14.3 Å². The van der Waals surface area contributed by atoms with Crippen molar-refractivity contribution in [2.75, 3.05) is 13.2 Å². The minimum atomic E-state index is -0.290. The Kier molecular flexibility index (Phi) is 9.95. The van der Waals surface area contributed by atoms with Gasteiger partial charge in [-0.15, -0.1) is 11.8 Å². The Labute approximate surface area is 222 Å². The molecule has 0 aliphatic carbocycles. The minimum absolute atomic E-state index is 0.181. The van der Waals surface area contributed by atoms with E-state index in [4.69, 9.17) is 9.47 Å². The summed E-state index contributed by atoms with van der Waals surface area (Å²) in [5, 5.41) is -0.290. The summed E-state index contributed by atoms with van der Waals surface area (Å²) in [5.41, 5.74) is 2.33. The third kappa shape index (κ3) is 8.21. The van der Waals surface area contributed by atoms with Crippen LogP contribution in [0.25, 0.3) is 0 Å². The van der Waals surface area contributed by atoms with Gasteiger partial charge in [0.2, 0.25) is 0 Å². The zero-order valence-corrected chi connectivity index (χ0v) is 22.0. The lowest BCUT2D eigenvalue weighted by Crippen LogP contribution is -2.22. The van der Waals surface area contributed by atoms with Gasteiger partial charge in [-0.25, -0.2) is 0 Å². The van der Waals surface area contributed by atoms with Crippen LogP contribution in [-0.4, -0.2) is 24.4 Å². The molecule has 5 heteroatoms. The zero-order chi connectivity index (χ0) is 25.0. The van der Waals surface area contributed by atoms with Gasteiger partial charge in [0.05, 0.1) is 13.2 Å². The third-order valence-corrected chi connectivity index (χ3v) is 7.68. The predicted octanol–water partition coefficient (Wildman–Crippen LogP) is 7.73. The van der Waals surface area contributed by atoms with E-state index in [2.05, 4.69) is 48.5 Å². The summed E-state index contributed by atoms with van der Waals surface area (Å²) in [6.45, 7) is 2.83. The summed E-state index contributed by atoms with van der Waals surface area (Å²) >= 11 is 3.31. The van der Waals surface area contributed by atoms with Crippen LogP contribution in [0, 0.1) is 0 Å². The molecule has 4 aromatic carbocycles. The number of hydrogen-bond donors (Lipinski definition) is 0. The maximum atomic E-state index is 12.5. The summed E-state index contributed by atoms with van der Waals surface area (Å²) in [4.78, 5) is 16.1. The molecule has 3 nitrogen and oxygen atoms in total. The Morgan fingerprint density at radius 3 is 1.94 bits per heavy atom. The van der Waals surface area contributed by atoms with E-state index in [0.29, 0.717) is 19.6 Å². The highest BCUT2D eigenvalue weighted by Crippen LogP contribution is 2.28. The molecule has 184 valence electrons. The van der Waals surface area contributed by atoms with Crippen LogP contribution < -0.4 is 4.74 Å². The number of benzene rings is 4. The Hall–Kier alpha value is -3.15. The van der Waals surface area contributed by atoms with E-state index in [-0.39, 0.29) is 11.2 Å². The fourth-order valence-electron chi connectivity index (χ4n) is 3.64. The van der Waals surface area contributed by atoms with Gasteiger partial charge >= 0.3 is 5.97 Å². The molecular weight excluding hydrogens is 484 g/mol. The van der Waals surface area contributed by atoms with Gasteiger partial charge in [-0.1, -0.05) is 72.4 Å². The van der Waals surface area contributed by atoms with Crippen LogP contribution in [0.1, 0.15) is 18.1 Å². The van der Waals surface area contributed by atoms with Crippen LogP contribution >= 0.6 is 23.5 Å². The van der Waals surface area contributed by atoms with Crippen molar-refractivity contribution in [3.63, 3.8) is 0 Å². The van der Waals surface area contributed by atoms with Crippen molar-refractivity contribution in [1.82, 2.24) is 0 Å². The average molecular weight is 515 g/mol. The van der Waals surface area contributed by atoms with E-state index in [1.165, 1.54) is 15.4 Å². The highest BCUT2D eigenvalue weighted by Gasteiger charge is 2.21. The second-order valence-corrected chi connectivity index (χ2v) is 10.6. The van der Waals surface area contributed by atoms with Gasteiger partial charge in [0.25, 0.3) is 0 Å². The van der Waals surface area contributed by atoms with E-state index >= 15 is 0 Å². The molecule has 1 unspecified atom stereocenters. The lowest BCUT2D eigenvalue weighted by atomic mass is 10.1. The van der Waals surface area contributed by atoms with Crippen molar-refractivity contribution in [3.8, 4) is 5.75 Å². The molecular formula is C31H30O3S2. The topological polar surface area (TPSA) is 35.5 Å². The van der Waals surface area contributed by atoms with Crippen LogP contribution in [0.5, 0.6) is 5.75 Å². The maximum Gasteiger partial charge on any atom is 0.319 e. The molecule has 0 aliphatic rings. The molecule has 0 N–H and O–H groups in total. The highest BCUT2D eigenvalue weighted by molar-refractivity contribution is 8.00. The van der Waals surface area contributed by atoms with Gasteiger partial charge in [0.15, 0.2) is 0 Å². The number of hydrogen-bond acceptors (Lipinski definition) is 5. The zero-order valence-electron chi connectivity index (χ0n) is 20.3. The third-order valence-electron chi connectivity index (χ3n) is 5.48. The lowest BCUT2D eigenvalue weighted by molar-refractivity contribution is -0.142. The highest BCUT2D eigenvalue weighted by atomic mass is 32.2. The summed E-state index contributed by atoms with van der Waals surface area (Å²) in [6.07, 6.45) is 1.45. The number of rotatable bonds is 12. The molecule has 0 radical (unpaired) electrons. The maximum absolute atomic E-state index is 12.5. The number of thioether (sulfide) groups is 1. The van der Waals surface area contributed by atoms with Crippen LogP contribution in [-0.2, 0) is 22.4 Å². The van der Waals surface area contributed by atoms with Crippen molar-refractivity contribution in [2.45, 2.75) is 39.7 Å². The fourth-order valence-corrected chi connectivity index (χ4v) is 5.56. The molecule has 0 fully saturated rings. The number of esters is 1. The first-order valence-electron chi connectivity index (χ1n) is 12.1. The summed E-state index contributed by atoms with van der Waals surface area (Å²) in [7, 11) is 0. The van der Waals surface area contributed by atoms with Gasteiger partial charge in [-0.3, -0.25) is 4.79 Å². The van der Waals surface area contributed by atoms with Crippen molar-refractivity contribution in [3.05, 3.63) is 120 Å². The molecule has 0 aliphatic heterocycles. The van der Waals surface area contributed by atoms with Crippen molar-refractivity contribution >= 4 is 29.5 Å². The Morgan fingerprint density at radius 2 is 1.31 bits per heavy atom. The molecule has 0 saturated heterocycles. The number of carbonyl (C=O) groups excluding carboxylic acids is 1. The quantitative estimate of drug-likeness (QED) is 0.143. The first-order valence-corrected chi connectivity index (χ1v) is 13.8. The van der Waals surface area contributed by atoms with E-state index < -0.39 is 0 Å². The predicted molar refractivity (Wildman–Crippen MR) is 149 cm³/mol. The molecule has 1 atom stereocenters. The molecule has 36 heavy (non-hydrogen) atoms. The van der Waals surface area contributed by atoms with E-state index in [1.54, 1.807) is 23.5 Å². The molecule has 4 aromatic rings. The van der Waals surface area contributed by atoms with Gasteiger partial charge in [-0.2, -0.15) is 0 Å². The second-order valence-electron chi connectivity index (χ2n) is 8.18.